The van der Waals surface area contributed by atoms with E-state index in [-0.39, 0.29) is 10.8 Å². The first-order valence-electron chi connectivity index (χ1n) is 8.88. The summed E-state index contributed by atoms with van der Waals surface area (Å²) in [5.74, 6) is 0. The van der Waals surface area contributed by atoms with Crippen LogP contribution < -0.4 is 0 Å². The average molecular weight is 331 g/mol. The fraction of sp³-hybridized carbons (Fsp3) is 0.571. The largest absolute Gasteiger partial charge is 0.383 e. The number of nitrogens with zero attached hydrogens (tertiary/aromatic N) is 2. The van der Waals surface area contributed by atoms with E-state index < -0.39 is 0 Å². The molecule has 0 unspecified atom stereocenters. The maximum atomic E-state index is 5.08. The molecule has 0 aliphatic rings. The van der Waals surface area contributed by atoms with Crippen molar-refractivity contribution in [2.24, 2.45) is 5.41 Å². The van der Waals surface area contributed by atoms with Crippen LogP contribution in [-0.4, -0.2) is 23.5 Å². The second-order valence-electron chi connectivity index (χ2n) is 7.44. The molecular formula is C21H34N2O. The minimum absolute atomic E-state index is 0.133. The Kier molecular flexibility index (Phi) is 7.22. The van der Waals surface area contributed by atoms with E-state index in [9.17, 15) is 0 Å². The lowest BCUT2D eigenvalue weighted by molar-refractivity contribution is 0.183. The minimum Gasteiger partial charge on any atom is -0.383 e. The van der Waals surface area contributed by atoms with Gasteiger partial charge in [0.25, 0.3) is 0 Å². The number of hydrogen-bond acceptors (Lipinski definition) is 2. The van der Waals surface area contributed by atoms with E-state index in [1.807, 2.05) is 24.7 Å². The van der Waals surface area contributed by atoms with Gasteiger partial charge in [0.15, 0.2) is 0 Å². The Morgan fingerprint density at radius 2 is 1.54 bits per heavy atom. The Balaban J connectivity index is 0.00000139. The molecule has 0 amide bonds. The van der Waals surface area contributed by atoms with Crippen LogP contribution in [-0.2, 0) is 16.7 Å². The molecule has 0 atom stereocenters. The normalized spacial score (nSPS) is 11.8. The van der Waals surface area contributed by atoms with Crippen LogP contribution in [0.3, 0.4) is 0 Å². The highest BCUT2D eigenvalue weighted by Crippen LogP contribution is 2.41. The van der Waals surface area contributed by atoms with Gasteiger partial charge in [0, 0.05) is 18.9 Å². The molecule has 1 aromatic carbocycles. The molecule has 0 aliphatic heterocycles. The maximum absolute atomic E-state index is 5.08. The number of hydrogen-bond donors (Lipinski definition) is 0. The molecule has 1 aromatic heterocycles. The summed E-state index contributed by atoms with van der Waals surface area (Å²) in [6.07, 6.45) is 3.99. The lowest BCUT2D eigenvalue weighted by Gasteiger charge is -2.39. The van der Waals surface area contributed by atoms with Crippen molar-refractivity contribution in [2.45, 2.75) is 60.4 Å². The summed E-state index contributed by atoms with van der Waals surface area (Å²) in [5, 5.41) is 4.38. The van der Waals surface area contributed by atoms with Gasteiger partial charge in [-0.1, -0.05) is 72.7 Å². The zero-order valence-electron chi connectivity index (χ0n) is 16.7. The molecule has 0 fully saturated rings. The Morgan fingerprint density at radius 3 is 2.04 bits per heavy atom. The van der Waals surface area contributed by atoms with Crippen LogP contribution in [0.4, 0.5) is 0 Å². The first-order valence-corrected chi connectivity index (χ1v) is 8.88. The van der Waals surface area contributed by atoms with Gasteiger partial charge in [-0.3, -0.25) is 4.68 Å². The molecule has 0 aliphatic carbocycles. The second kappa shape index (κ2) is 8.48. The van der Waals surface area contributed by atoms with Gasteiger partial charge in [-0.15, -0.1) is 0 Å². The number of ether oxygens (including phenoxy) is 1. The van der Waals surface area contributed by atoms with Crippen molar-refractivity contribution >= 4 is 0 Å². The molecule has 0 bridgehead atoms. The summed E-state index contributed by atoms with van der Waals surface area (Å²) in [5.41, 5.74) is 4.08. The van der Waals surface area contributed by atoms with Crippen LogP contribution in [0.5, 0.6) is 0 Å². The topological polar surface area (TPSA) is 27.1 Å². The van der Waals surface area contributed by atoms with E-state index in [2.05, 4.69) is 70.2 Å². The zero-order chi connectivity index (χ0) is 18.4. The van der Waals surface area contributed by atoms with Gasteiger partial charge < -0.3 is 4.74 Å². The Labute approximate surface area is 148 Å². The minimum atomic E-state index is 0.133. The van der Waals surface area contributed by atoms with E-state index >= 15 is 0 Å². The summed E-state index contributed by atoms with van der Waals surface area (Å²) in [7, 11) is 1.71. The van der Waals surface area contributed by atoms with Gasteiger partial charge in [0.2, 0.25) is 0 Å². The van der Waals surface area contributed by atoms with Gasteiger partial charge in [0.1, 0.15) is 0 Å². The van der Waals surface area contributed by atoms with Crippen LogP contribution in [0.15, 0.2) is 36.7 Å². The molecule has 24 heavy (non-hydrogen) atoms. The van der Waals surface area contributed by atoms with Crippen LogP contribution in [0.2, 0.25) is 0 Å². The van der Waals surface area contributed by atoms with Crippen LogP contribution in [0, 0.1) is 5.41 Å². The summed E-state index contributed by atoms with van der Waals surface area (Å²) in [6.45, 7) is 17.0. The van der Waals surface area contributed by atoms with Crippen molar-refractivity contribution in [2.75, 3.05) is 13.7 Å². The summed E-state index contributed by atoms with van der Waals surface area (Å²) >= 11 is 0. The number of rotatable bonds is 5. The molecule has 3 heteroatoms. The van der Waals surface area contributed by atoms with E-state index in [0.717, 1.165) is 12.1 Å². The first kappa shape index (κ1) is 20.4. The molecule has 0 saturated heterocycles. The Bertz CT molecular complexity index is 604. The highest BCUT2D eigenvalue weighted by Gasteiger charge is 2.34. The first-order chi connectivity index (χ1) is 11.3. The summed E-state index contributed by atoms with van der Waals surface area (Å²) in [4.78, 5) is 0. The molecule has 0 radical (unpaired) electrons. The smallest absolute Gasteiger partial charge is 0.0658 e. The molecule has 1 heterocycles. The maximum Gasteiger partial charge on any atom is 0.0658 e. The lowest BCUT2D eigenvalue weighted by Crippen LogP contribution is -2.33. The van der Waals surface area contributed by atoms with Crippen LogP contribution >= 0.6 is 0 Å². The molecule has 0 N–H and O–H groups in total. The highest BCUT2D eigenvalue weighted by atomic mass is 16.5. The Hall–Kier alpha value is -1.61. The molecule has 2 aromatic rings. The standard InChI is InChI=1S/C19H28N2O.C2H6/c1-18(2,3)19(4,5)17-9-7-15(8-10-17)16-13-20-21(14-16)11-12-22-6;1-2/h7-10,13-14H,11-12H2,1-6H3;1-2H3. The average Bonchev–Trinajstić information content (AvgIpc) is 3.03. The van der Waals surface area contributed by atoms with Gasteiger partial charge in [-0.25, -0.2) is 0 Å². The molecule has 0 spiro atoms. The third-order valence-electron chi connectivity index (χ3n) is 4.97. The van der Waals surface area contributed by atoms with Crippen molar-refractivity contribution in [3.05, 3.63) is 42.2 Å². The molecular weight excluding hydrogens is 296 g/mol. The van der Waals surface area contributed by atoms with Crippen molar-refractivity contribution in [1.82, 2.24) is 9.78 Å². The summed E-state index contributed by atoms with van der Waals surface area (Å²) < 4.78 is 7.01. The summed E-state index contributed by atoms with van der Waals surface area (Å²) in [6, 6.07) is 8.88. The second-order valence-corrected chi connectivity index (χ2v) is 7.44. The van der Waals surface area contributed by atoms with Crippen molar-refractivity contribution in [1.29, 1.82) is 0 Å². The van der Waals surface area contributed by atoms with Crippen molar-refractivity contribution < 1.29 is 4.74 Å². The van der Waals surface area contributed by atoms with E-state index in [1.165, 1.54) is 11.1 Å². The van der Waals surface area contributed by atoms with Crippen molar-refractivity contribution in [3.63, 3.8) is 0 Å². The molecule has 0 saturated carbocycles. The Morgan fingerprint density at radius 1 is 0.958 bits per heavy atom. The predicted octanol–water partition coefficient (Wildman–Crippen LogP) is 5.55. The lowest BCUT2D eigenvalue weighted by atomic mass is 9.65. The van der Waals surface area contributed by atoms with Gasteiger partial charge >= 0.3 is 0 Å². The SMILES string of the molecule is CC.COCCn1cc(-c2ccc(C(C)(C)C(C)(C)C)cc2)cn1. The predicted molar refractivity (Wildman–Crippen MR) is 103 cm³/mol. The fourth-order valence-electron chi connectivity index (χ4n) is 2.33. The molecule has 2 rings (SSSR count). The van der Waals surface area contributed by atoms with Crippen LogP contribution in [0.1, 0.15) is 54.0 Å². The monoisotopic (exact) mass is 330 g/mol. The number of aromatic nitrogens is 2. The quantitative estimate of drug-likeness (QED) is 0.719. The third kappa shape index (κ3) is 4.70. The van der Waals surface area contributed by atoms with Gasteiger partial charge in [-0.2, -0.15) is 5.10 Å². The number of methoxy groups -OCH3 is 1. The highest BCUT2D eigenvalue weighted by molar-refractivity contribution is 5.62. The fourth-order valence-corrected chi connectivity index (χ4v) is 2.33. The van der Waals surface area contributed by atoms with E-state index in [0.29, 0.717) is 6.61 Å². The zero-order valence-corrected chi connectivity index (χ0v) is 16.7. The third-order valence-corrected chi connectivity index (χ3v) is 4.97. The number of benzene rings is 1. The van der Waals surface area contributed by atoms with Crippen LogP contribution in [0.25, 0.3) is 11.1 Å². The molecule has 3 nitrogen and oxygen atoms in total. The van der Waals surface area contributed by atoms with Crippen molar-refractivity contribution in [3.8, 4) is 11.1 Å². The van der Waals surface area contributed by atoms with Gasteiger partial charge in [-0.05, 0) is 22.0 Å². The van der Waals surface area contributed by atoms with E-state index in [4.69, 9.17) is 4.74 Å². The van der Waals surface area contributed by atoms with E-state index in [1.54, 1.807) is 7.11 Å². The van der Waals surface area contributed by atoms with Gasteiger partial charge in [0.05, 0.1) is 19.3 Å². The molecule has 134 valence electrons.